The fraction of sp³-hybridized carbons (Fsp3) is 0.350. The molecule has 0 unspecified atom stereocenters. The molecule has 27 heavy (non-hydrogen) atoms. The summed E-state index contributed by atoms with van der Waals surface area (Å²) < 4.78 is 12.9. The zero-order chi connectivity index (χ0) is 19.6. The molecule has 0 spiro atoms. The Morgan fingerprint density at radius 1 is 1.22 bits per heavy atom. The third kappa shape index (κ3) is 3.86. The number of benzene rings is 1. The van der Waals surface area contributed by atoms with Crippen molar-refractivity contribution in [2.24, 2.45) is 0 Å². The number of aryl methyl sites for hydroxylation is 3. The van der Waals surface area contributed by atoms with Gasteiger partial charge >= 0.3 is 0 Å². The van der Waals surface area contributed by atoms with Crippen LogP contribution in [0.25, 0.3) is 11.5 Å². The van der Waals surface area contributed by atoms with Gasteiger partial charge in [-0.3, -0.25) is 4.79 Å². The molecule has 0 aliphatic rings. The maximum Gasteiger partial charge on any atom is 0.249 e. The first kappa shape index (κ1) is 18.7. The number of methoxy groups -OCH3 is 1. The summed E-state index contributed by atoms with van der Waals surface area (Å²) in [6.07, 6.45) is 0.687. The normalized spacial score (nSPS) is 10.9. The Labute approximate surface area is 158 Å². The van der Waals surface area contributed by atoms with E-state index in [0.29, 0.717) is 29.6 Å². The first-order valence-electron chi connectivity index (χ1n) is 8.86. The van der Waals surface area contributed by atoms with E-state index in [4.69, 9.17) is 9.15 Å². The highest BCUT2D eigenvalue weighted by Gasteiger charge is 2.18. The second-order valence-corrected chi connectivity index (χ2v) is 6.48. The number of aromatic nitrogens is 3. The van der Waals surface area contributed by atoms with Gasteiger partial charge in [0, 0.05) is 17.8 Å². The van der Waals surface area contributed by atoms with E-state index in [1.807, 2.05) is 56.5 Å². The highest BCUT2D eigenvalue weighted by atomic mass is 16.5. The molecule has 0 saturated carbocycles. The van der Waals surface area contributed by atoms with Crippen molar-refractivity contribution in [3.8, 4) is 17.2 Å². The predicted octanol–water partition coefficient (Wildman–Crippen LogP) is 3.67. The highest BCUT2D eigenvalue weighted by molar-refractivity contribution is 5.92. The number of carbonyl (C=O) groups is 1. The molecule has 3 aromatic rings. The molecule has 7 nitrogen and oxygen atoms in total. The van der Waals surface area contributed by atoms with E-state index < -0.39 is 0 Å². The molecular formula is C20H24N4O3. The third-order valence-corrected chi connectivity index (χ3v) is 4.50. The zero-order valence-corrected chi connectivity index (χ0v) is 16.3. The van der Waals surface area contributed by atoms with Crippen LogP contribution in [0.1, 0.15) is 29.8 Å². The fourth-order valence-corrected chi connectivity index (χ4v) is 3.02. The van der Waals surface area contributed by atoms with Crippen molar-refractivity contribution >= 4 is 11.6 Å². The number of hydrogen-bond acceptors (Lipinski definition) is 5. The van der Waals surface area contributed by atoms with E-state index in [-0.39, 0.29) is 12.5 Å². The number of nitrogens with zero attached hydrogens (tertiary/aromatic N) is 3. The van der Waals surface area contributed by atoms with Gasteiger partial charge in [0.15, 0.2) is 0 Å². The van der Waals surface area contributed by atoms with Crippen LogP contribution in [0, 0.1) is 20.8 Å². The van der Waals surface area contributed by atoms with E-state index in [0.717, 1.165) is 22.5 Å². The van der Waals surface area contributed by atoms with Gasteiger partial charge in [-0.2, -0.15) is 0 Å². The van der Waals surface area contributed by atoms with Crippen LogP contribution in [0.5, 0.6) is 5.75 Å². The van der Waals surface area contributed by atoms with Crippen molar-refractivity contribution in [3.63, 3.8) is 0 Å². The molecule has 2 heterocycles. The van der Waals surface area contributed by atoms with Gasteiger partial charge in [0.1, 0.15) is 12.3 Å². The second-order valence-electron chi connectivity index (χ2n) is 6.48. The molecule has 0 saturated heterocycles. The smallest absolute Gasteiger partial charge is 0.249 e. The van der Waals surface area contributed by atoms with Gasteiger partial charge in [0.05, 0.1) is 18.4 Å². The number of carbonyl (C=O) groups excluding carboxylic acids is 1. The maximum absolute atomic E-state index is 12.6. The lowest BCUT2D eigenvalue weighted by molar-refractivity contribution is -0.116. The molecular weight excluding hydrogens is 344 g/mol. The lowest BCUT2D eigenvalue weighted by Crippen LogP contribution is -2.20. The number of rotatable bonds is 6. The summed E-state index contributed by atoms with van der Waals surface area (Å²) in [6, 6.07) is 7.64. The minimum Gasteiger partial charge on any atom is -0.495 e. The monoisotopic (exact) mass is 368 g/mol. The van der Waals surface area contributed by atoms with E-state index in [9.17, 15) is 4.79 Å². The first-order valence-corrected chi connectivity index (χ1v) is 8.86. The summed E-state index contributed by atoms with van der Waals surface area (Å²) in [4.78, 5) is 12.6. The van der Waals surface area contributed by atoms with Crippen molar-refractivity contribution in [2.75, 3.05) is 12.4 Å². The Kier molecular flexibility index (Phi) is 5.30. The molecule has 1 amide bonds. The summed E-state index contributed by atoms with van der Waals surface area (Å²) in [5.74, 6) is 1.58. The molecule has 2 aromatic heterocycles. The fourth-order valence-electron chi connectivity index (χ4n) is 3.02. The van der Waals surface area contributed by atoms with E-state index in [1.54, 1.807) is 7.11 Å². The summed E-state index contributed by atoms with van der Waals surface area (Å²) in [5, 5.41) is 11.1. The number of hydrogen-bond donors (Lipinski definition) is 1. The SMILES string of the molecule is CCc1nnc(-c2cc(C)n(CC(=O)Nc3cc(C)ccc3OC)c2C)o1. The maximum atomic E-state index is 12.6. The van der Waals surface area contributed by atoms with Crippen LogP contribution >= 0.6 is 0 Å². The van der Waals surface area contributed by atoms with Crippen molar-refractivity contribution in [1.82, 2.24) is 14.8 Å². The largest absolute Gasteiger partial charge is 0.495 e. The molecule has 0 atom stereocenters. The Morgan fingerprint density at radius 3 is 2.67 bits per heavy atom. The van der Waals surface area contributed by atoms with Crippen LogP contribution < -0.4 is 10.1 Å². The van der Waals surface area contributed by atoms with Gasteiger partial charge in [-0.05, 0) is 44.5 Å². The minimum atomic E-state index is -0.132. The number of nitrogens with one attached hydrogen (secondary N) is 1. The Balaban J connectivity index is 1.82. The van der Waals surface area contributed by atoms with Crippen molar-refractivity contribution < 1.29 is 13.9 Å². The van der Waals surface area contributed by atoms with Gasteiger partial charge in [-0.15, -0.1) is 10.2 Å². The minimum absolute atomic E-state index is 0.132. The Hall–Kier alpha value is -3.09. The van der Waals surface area contributed by atoms with Crippen LogP contribution in [0.3, 0.4) is 0 Å². The predicted molar refractivity (Wildman–Crippen MR) is 103 cm³/mol. The van der Waals surface area contributed by atoms with Crippen molar-refractivity contribution in [2.45, 2.75) is 40.7 Å². The summed E-state index contributed by atoms with van der Waals surface area (Å²) in [7, 11) is 1.59. The number of anilines is 1. The lowest BCUT2D eigenvalue weighted by Gasteiger charge is -2.13. The van der Waals surface area contributed by atoms with Crippen LogP contribution in [0.4, 0.5) is 5.69 Å². The molecule has 0 radical (unpaired) electrons. The molecule has 142 valence electrons. The summed E-state index contributed by atoms with van der Waals surface area (Å²) in [6.45, 7) is 8.01. The average molecular weight is 368 g/mol. The van der Waals surface area contributed by atoms with Gasteiger partial charge in [0.25, 0.3) is 0 Å². The third-order valence-electron chi connectivity index (χ3n) is 4.50. The quantitative estimate of drug-likeness (QED) is 0.718. The first-order chi connectivity index (χ1) is 12.9. The lowest BCUT2D eigenvalue weighted by atomic mass is 10.2. The molecule has 0 aliphatic carbocycles. The highest BCUT2D eigenvalue weighted by Crippen LogP contribution is 2.27. The van der Waals surface area contributed by atoms with Crippen LogP contribution in [0.15, 0.2) is 28.7 Å². The molecule has 0 bridgehead atoms. The average Bonchev–Trinajstić information content (AvgIpc) is 3.22. The molecule has 3 rings (SSSR count). The second kappa shape index (κ2) is 7.65. The van der Waals surface area contributed by atoms with Crippen LogP contribution in [0.2, 0.25) is 0 Å². The number of ether oxygens (including phenoxy) is 1. The van der Waals surface area contributed by atoms with Gasteiger partial charge in [-0.25, -0.2) is 0 Å². The van der Waals surface area contributed by atoms with Crippen LogP contribution in [-0.4, -0.2) is 27.8 Å². The molecule has 1 aromatic carbocycles. The topological polar surface area (TPSA) is 82.2 Å². The van der Waals surface area contributed by atoms with Crippen molar-refractivity contribution in [3.05, 3.63) is 47.1 Å². The Morgan fingerprint density at radius 2 is 2.00 bits per heavy atom. The van der Waals surface area contributed by atoms with E-state index in [2.05, 4.69) is 15.5 Å². The standard InChI is InChI=1S/C20H24N4O3/c1-6-19-22-23-20(27-19)15-10-13(3)24(14(15)4)11-18(25)21-16-9-12(2)7-8-17(16)26-5/h7-10H,6,11H2,1-5H3,(H,21,25). The zero-order valence-electron chi connectivity index (χ0n) is 16.3. The summed E-state index contributed by atoms with van der Waals surface area (Å²) in [5.41, 5.74) is 4.41. The van der Waals surface area contributed by atoms with Crippen LogP contribution in [-0.2, 0) is 17.8 Å². The molecule has 0 aliphatic heterocycles. The summed E-state index contributed by atoms with van der Waals surface area (Å²) >= 11 is 0. The molecule has 1 N–H and O–H groups in total. The van der Waals surface area contributed by atoms with Crippen molar-refractivity contribution in [1.29, 1.82) is 0 Å². The molecule has 0 fully saturated rings. The van der Waals surface area contributed by atoms with Gasteiger partial charge in [-0.1, -0.05) is 13.0 Å². The molecule has 7 heteroatoms. The Bertz CT molecular complexity index is 972. The van der Waals surface area contributed by atoms with E-state index >= 15 is 0 Å². The number of amides is 1. The van der Waals surface area contributed by atoms with Gasteiger partial charge < -0.3 is 19.0 Å². The van der Waals surface area contributed by atoms with Gasteiger partial charge in [0.2, 0.25) is 17.7 Å². The van der Waals surface area contributed by atoms with E-state index in [1.165, 1.54) is 0 Å².